The summed E-state index contributed by atoms with van der Waals surface area (Å²) in [7, 11) is 0. The van der Waals surface area contributed by atoms with Crippen LogP contribution in [0.4, 0.5) is 5.69 Å². The summed E-state index contributed by atoms with van der Waals surface area (Å²) < 4.78 is 0. The van der Waals surface area contributed by atoms with E-state index in [0.717, 1.165) is 32.5 Å². The largest absolute Gasteiger partial charge is 0.336 e. The minimum absolute atomic E-state index is 0.0288. The molecule has 140 valence electrons. The second-order valence-corrected chi connectivity index (χ2v) is 7.27. The van der Waals surface area contributed by atoms with Crippen molar-refractivity contribution in [3.8, 4) is 0 Å². The van der Waals surface area contributed by atoms with Gasteiger partial charge in [0.05, 0.1) is 0 Å². The minimum Gasteiger partial charge on any atom is -0.336 e. The molecule has 0 atom stereocenters. The first kappa shape index (κ1) is 17.7. The molecule has 1 N–H and O–H groups in total. The van der Waals surface area contributed by atoms with Gasteiger partial charge >= 0.3 is 0 Å². The number of rotatable bonds is 5. The molecule has 2 aromatic rings. The zero-order chi connectivity index (χ0) is 18.6. The highest BCUT2D eigenvalue weighted by molar-refractivity contribution is 5.98. The molecule has 27 heavy (non-hydrogen) atoms. The predicted octanol–water partition coefficient (Wildman–Crippen LogP) is 2.39. The van der Waals surface area contributed by atoms with Crippen LogP contribution in [0.2, 0.25) is 0 Å². The first-order valence-corrected chi connectivity index (χ1v) is 9.50. The molecule has 0 spiro atoms. The Balaban J connectivity index is 1.33. The van der Waals surface area contributed by atoms with Gasteiger partial charge in [-0.2, -0.15) is 0 Å². The van der Waals surface area contributed by atoms with Gasteiger partial charge in [0.2, 0.25) is 5.91 Å². The average molecular weight is 364 g/mol. The van der Waals surface area contributed by atoms with Crippen LogP contribution in [0.15, 0.2) is 48.8 Å². The maximum atomic E-state index is 12.8. The van der Waals surface area contributed by atoms with E-state index in [-0.39, 0.29) is 17.7 Å². The number of nitrogens with zero attached hydrogens (tertiary/aromatic N) is 3. The monoisotopic (exact) mass is 364 g/mol. The lowest BCUT2D eigenvalue weighted by atomic mass is 10.1. The Morgan fingerprint density at radius 3 is 2.48 bits per heavy atom. The van der Waals surface area contributed by atoms with E-state index >= 15 is 0 Å². The van der Waals surface area contributed by atoms with Gasteiger partial charge in [-0.25, -0.2) is 0 Å². The van der Waals surface area contributed by atoms with Crippen LogP contribution in [0.25, 0.3) is 0 Å². The summed E-state index contributed by atoms with van der Waals surface area (Å²) >= 11 is 0. The van der Waals surface area contributed by atoms with Gasteiger partial charge in [0.25, 0.3) is 5.91 Å². The van der Waals surface area contributed by atoms with Gasteiger partial charge in [0, 0.05) is 62.3 Å². The fourth-order valence-corrected chi connectivity index (χ4v) is 3.36. The number of amides is 2. The number of carbonyl (C=O) groups excluding carboxylic acids is 2. The number of nitrogens with one attached hydrogen (secondary N) is 1. The van der Waals surface area contributed by atoms with E-state index in [9.17, 15) is 9.59 Å². The van der Waals surface area contributed by atoms with Crippen LogP contribution in [0, 0.1) is 5.92 Å². The van der Waals surface area contributed by atoms with E-state index in [0.29, 0.717) is 24.3 Å². The fraction of sp³-hybridized carbons (Fsp3) is 0.381. The van der Waals surface area contributed by atoms with Gasteiger partial charge < -0.3 is 10.2 Å². The molecule has 6 nitrogen and oxygen atoms in total. The molecule has 1 aromatic heterocycles. The Bertz CT molecular complexity index is 812. The summed E-state index contributed by atoms with van der Waals surface area (Å²) in [5.41, 5.74) is 2.57. The van der Waals surface area contributed by atoms with Gasteiger partial charge in [0.15, 0.2) is 0 Å². The lowest BCUT2D eigenvalue weighted by Gasteiger charge is -2.34. The molecule has 1 aliphatic heterocycles. The second kappa shape index (κ2) is 7.88. The third kappa shape index (κ3) is 4.52. The molecule has 0 unspecified atom stereocenters. The SMILES string of the molecule is O=C(Nc1cccc(C(=O)N2CCN(Cc3ccncc3)CC2)c1)C1CC1. The van der Waals surface area contributed by atoms with Crippen LogP contribution >= 0.6 is 0 Å². The smallest absolute Gasteiger partial charge is 0.254 e. The maximum Gasteiger partial charge on any atom is 0.254 e. The molecular weight excluding hydrogens is 340 g/mol. The zero-order valence-electron chi connectivity index (χ0n) is 15.3. The van der Waals surface area contributed by atoms with Crippen molar-refractivity contribution in [1.82, 2.24) is 14.8 Å². The average Bonchev–Trinajstić information content (AvgIpc) is 3.54. The molecule has 0 bridgehead atoms. The molecule has 1 saturated heterocycles. The first-order chi connectivity index (χ1) is 13.2. The molecule has 2 fully saturated rings. The predicted molar refractivity (Wildman–Crippen MR) is 103 cm³/mol. The quantitative estimate of drug-likeness (QED) is 0.885. The highest BCUT2D eigenvalue weighted by Gasteiger charge is 2.29. The molecule has 1 saturated carbocycles. The topological polar surface area (TPSA) is 65.5 Å². The van der Waals surface area contributed by atoms with Crippen molar-refractivity contribution in [1.29, 1.82) is 0 Å². The van der Waals surface area contributed by atoms with Crippen molar-refractivity contribution >= 4 is 17.5 Å². The summed E-state index contributed by atoms with van der Waals surface area (Å²) in [6, 6.07) is 11.3. The summed E-state index contributed by atoms with van der Waals surface area (Å²) in [6.07, 6.45) is 5.55. The maximum absolute atomic E-state index is 12.8. The van der Waals surface area contributed by atoms with E-state index in [4.69, 9.17) is 0 Å². The molecule has 1 aliphatic carbocycles. The molecule has 4 rings (SSSR count). The van der Waals surface area contributed by atoms with Crippen LogP contribution in [0.5, 0.6) is 0 Å². The van der Waals surface area contributed by atoms with Crippen LogP contribution in [-0.4, -0.2) is 52.8 Å². The normalized spacial score (nSPS) is 17.6. The van der Waals surface area contributed by atoms with E-state index in [1.807, 2.05) is 47.6 Å². The molecule has 0 radical (unpaired) electrons. The molecule has 2 amide bonds. The summed E-state index contributed by atoms with van der Waals surface area (Å²) in [4.78, 5) is 33.1. The highest BCUT2D eigenvalue weighted by Crippen LogP contribution is 2.30. The molecular formula is C21H24N4O2. The van der Waals surface area contributed by atoms with E-state index < -0.39 is 0 Å². The summed E-state index contributed by atoms with van der Waals surface area (Å²) in [5, 5.41) is 2.91. The van der Waals surface area contributed by atoms with Gasteiger partial charge in [-0.1, -0.05) is 6.07 Å². The van der Waals surface area contributed by atoms with Crippen molar-refractivity contribution < 1.29 is 9.59 Å². The standard InChI is InChI=1S/C21H24N4O2/c26-20(17-4-5-17)23-19-3-1-2-18(14-19)21(27)25-12-10-24(11-13-25)15-16-6-8-22-9-7-16/h1-3,6-9,14,17H,4-5,10-13,15H2,(H,23,26). The first-order valence-electron chi connectivity index (χ1n) is 9.50. The molecule has 2 heterocycles. The number of hydrogen-bond acceptors (Lipinski definition) is 4. The Kier molecular flexibility index (Phi) is 5.16. The number of aromatic nitrogens is 1. The number of pyridine rings is 1. The lowest BCUT2D eigenvalue weighted by Crippen LogP contribution is -2.48. The Morgan fingerprint density at radius 2 is 1.78 bits per heavy atom. The second-order valence-electron chi connectivity index (χ2n) is 7.27. The van der Waals surface area contributed by atoms with Crippen molar-refractivity contribution in [3.05, 3.63) is 59.9 Å². The third-order valence-electron chi connectivity index (χ3n) is 5.14. The van der Waals surface area contributed by atoms with Crippen LogP contribution < -0.4 is 5.32 Å². The van der Waals surface area contributed by atoms with E-state index in [1.165, 1.54) is 5.56 Å². The molecule has 6 heteroatoms. The lowest BCUT2D eigenvalue weighted by molar-refractivity contribution is -0.117. The van der Waals surface area contributed by atoms with Gasteiger partial charge in [-0.05, 0) is 48.7 Å². The van der Waals surface area contributed by atoms with Gasteiger partial charge in [0.1, 0.15) is 0 Å². The summed E-state index contributed by atoms with van der Waals surface area (Å²) in [6.45, 7) is 4.01. The summed E-state index contributed by atoms with van der Waals surface area (Å²) in [5.74, 6) is 0.239. The zero-order valence-corrected chi connectivity index (χ0v) is 15.3. The van der Waals surface area contributed by atoms with Crippen molar-refractivity contribution in [2.45, 2.75) is 19.4 Å². The Morgan fingerprint density at radius 1 is 1.04 bits per heavy atom. The third-order valence-corrected chi connectivity index (χ3v) is 5.14. The number of carbonyl (C=O) groups is 2. The Hall–Kier alpha value is -2.73. The highest BCUT2D eigenvalue weighted by atomic mass is 16.2. The van der Waals surface area contributed by atoms with Crippen LogP contribution in [-0.2, 0) is 11.3 Å². The number of piperazine rings is 1. The molecule has 2 aliphatic rings. The van der Waals surface area contributed by atoms with Gasteiger partial charge in [-0.3, -0.25) is 19.5 Å². The van der Waals surface area contributed by atoms with E-state index in [2.05, 4.69) is 15.2 Å². The van der Waals surface area contributed by atoms with E-state index in [1.54, 1.807) is 6.07 Å². The number of anilines is 1. The van der Waals surface area contributed by atoms with Crippen molar-refractivity contribution in [2.24, 2.45) is 5.92 Å². The van der Waals surface area contributed by atoms with Crippen molar-refractivity contribution in [3.63, 3.8) is 0 Å². The fourth-order valence-electron chi connectivity index (χ4n) is 3.36. The van der Waals surface area contributed by atoms with Crippen LogP contribution in [0.1, 0.15) is 28.8 Å². The van der Waals surface area contributed by atoms with Gasteiger partial charge in [-0.15, -0.1) is 0 Å². The van der Waals surface area contributed by atoms with Crippen molar-refractivity contribution in [2.75, 3.05) is 31.5 Å². The van der Waals surface area contributed by atoms with Crippen LogP contribution in [0.3, 0.4) is 0 Å². The number of benzene rings is 1. The Labute approximate surface area is 159 Å². The minimum atomic E-state index is 0.0288. The molecule has 1 aromatic carbocycles. The number of hydrogen-bond donors (Lipinski definition) is 1.